The van der Waals surface area contributed by atoms with E-state index >= 15 is 0 Å². The van der Waals surface area contributed by atoms with Crippen molar-refractivity contribution in [3.63, 3.8) is 0 Å². The maximum atomic E-state index is 12.4. The normalized spacial score (nSPS) is 13.8. The average Bonchev–Trinajstić information content (AvgIpc) is 3.06. The van der Waals surface area contributed by atoms with Crippen LogP contribution >= 0.6 is 0 Å². The van der Waals surface area contributed by atoms with Crippen LogP contribution in [0.1, 0.15) is 16.9 Å². The summed E-state index contributed by atoms with van der Waals surface area (Å²) in [7, 11) is 1.77. The second kappa shape index (κ2) is 7.78. The number of benzene rings is 1. The van der Waals surface area contributed by atoms with E-state index in [0.29, 0.717) is 13.0 Å². The lowest BCUT2D eigenvalue weighted by molar-refractivity contribution is -0.209. The number of rotatable bonds is 1. The van der Waals surface area contributed by atoms with Crippen LogP contribution in [0, 0.1) is 0 Å². The van der Waals surface area contributed by atoms with Crippen LogP contribution in [0.4, 0.5) is 18.9 Å². The van der Waals surface area contributed by atoms with Gasteiger partial charge >= 0.3 is 6.30 Å². The Morgan fingerprint density at radius 2 is 1.97 bits per heavy atom. The number of amides is 2. The summed E-state index contributed by atoms with van der Waals surface area (Å²) in [5.74, 6) is -0.00220. The van der Waals surface area contributed by atoms with Gasteiger partial charge in [0.25, 0.3) is 5.91 Å². The van der Waals surface area contributed by atoms with Crippen LogP contribution in [0.3, 0.4) is 0 Å². The molecule has 3 aromatic rings. The molecule has 0 aliphatic carbocycles. The Bertz CT molecular complexity index is 1060. The molecule has 0 saturated heterocycles. The van der Waals surface area contributed by atoms with Crippen molar-refractivity contribution in [2.24, 2.45) is 5.73 Å². The predicted octanol–water partition coefficient (Wildman–Crippen LogP) is 2.44. The van der Waals surface area contributed by atoms with Gasteiger partial charge in [-0.1, -0.05) is 12.1 Å². The number of hydrogen-bond acceptors (Lipinski definition) is 5. The Morgan fingerprint density at radius 1 is 1.24 bits per heavy atom. The number of para-hydroxylation sites is 2. The predicted molar refractivity (Wildman–Crippen MR) is 97.3 cm³/mol. The average molecular weight is 407 g/mol. The van der Waals surface area contributed by atoms with Crippen LogP contribution in [0.15, 0.2) is 42.7 Å². The molecule has 0 saturated carbocycles. The molecule has 1 aliphatic heterocycles. The number of anilines is 1. The molecule has 1 aromatic carbocycles. The molecule has 2 N–H and O–H groups in total. The summed E-state index contributed by atoms with van der Waals surface area (Å²) in [6.07, 6.45) is -2.06. The van der Waals surface area contributed by atoms with Crippen LogP contribution in [-0.4, -0.2) is 40.2 Å². The summed E-state index contributed by atoms with van der Waals surface area (Å²) >= 11 is 0. The molecule has 4 rings (SSSR count). The largest absolute Gasteiger partial charge is 0.505 e. The number of carbonyl (C=O) groups excluding carboxylic acids is 2. The van der Waals surface area contributed by atoms with Crippen molar-refractivity contribution in [2.75, 3.05) is 18.6 Å². The summed E-state index contributed by atoms with van der Waals surface area (Å²) in [6, 6.07) is 8.53. The topological polar surface area (TPSA) is 103 Å². The van der Waals surface area contributed by atoms with Crippen LogP contribution in [0.5, 0.6) is 5.75 Å². The number of alkyl halides is 3. The zero-order valence-electron chi connectivity index (χ0n) is 15.2. The van der Waals surface area contributed by atoms with Gasteiger partial charge in [-0.3, -0.25) is 14.6 Å². The molecule has 0 radical (unpaired) electrons. The first kappa shape index (κ1) is 20.1. The van der Waals surface area contributed by atoms with Crippen LogP contribution in [0.25, 0.3) is 10.9 Å². The number of nitrogens with zero attached hydrogens (tertiary/aromatic N) is 4. The van der Waals surface area contributed by atoms with Crippen molar-refractivity contribution >= 4 is 28.4 Å². The third kappa shape index (κ3) is 4.28. The minimum absolute atomic E-state index is 0.102. The molecule has 8 nitrogen and oxygen atoms in total. The molecule has 2 aromatic heterocycles. The van der Waals surface area contributed by atoms with Crippen LogP contribution in [0.2, 0.25) is 0 Å². The zero-order valence-corrected chi connectivity index (χ0v) is 15.2. The second-order valence-corrected chi connectivity index (χ2v) is 6.04. The summed E-state index contributed by atoms with van der Waals surface area (Å²) in [6.45, 7) is 0.472. The molecule has 2 amide bonds. The number of aromatic nitrogens is 3. The van der Waals surface area contributed by atoms with Crippen molar-refractivity contribution in [1.82, 2.24) is 14.8 Å². The number of halogens is 3. The Kier molecular flexibility index (Phi) is 5.39. The van der Waals surface area contributed by atoms with Crippen molar-refractivity contribution < 1.29 is 27.5 Å². The van der Waals surface area contributed by atoms with Gasteiger partial charge in [-0.25, -0.2) is 0 Å². The summed E-state index contributed by atoms with van der Waals surface area (Å²) in [5, 5.41) is 3.35. The molecule has 0 unspecified atom stereocenters. The maximum Gasteiger partial charge on any atom is 0.505 e. The molecular formula is C18H16F3N5O3. The molecule has 11 heteroatoms. The highest BCUT2D eigenvalue weighted by atomic mass is 19.4. The third-order valence-electron chi connectivity index (χ3n) is 4.12. The molecule has 1 aliphatic rings. The standard InChI is InChI=1S/C10H11NO2.C8H5F3N4O/c1-11-8-4-2-3-5-9(8)13-7-6-10(11)12;9-8(10,11)15-6-1-5(7(12)16)13-2-4(6)3-14-15/h2-5H,6-7H2,1H3;1-3H,(H2,12,16). The summed E-state index contributed by atoms with van der Waals surface area (Å²) in [5.41, 5.74) is 5.28. The number of pyridine rings is 1. The molecule has 0 atom stereocenters. The first-order valence-electron chi connectivity index (χ1n) is 8.37. The number of hydrogen-bond donors (Lipinski definition) is 1. The van der Waals surface area contributed by atoms with E-state index in [4.69, 9.17) is 10.5 Å². The second-order valence-electron chi connectivity index (χ2n) is 6.04. The van der Waals surface area contributed by atoms with E-state index in [9.17, 15) is 22.8 Å². The van der Waals surface area contributed by atoms with E-state index in [1.165, 1.54) is 0 Å². The Labute approximate surface area is 162 Å². The Hall–Kier alpha value is -3.63. The van der Waals surface area contributed by atoms with Gasteiger partial charge in [0.1, 0.15) is 11.4 Å². The first-order valence-corrected chi connectivity index (χ1v) is 8.37. The third-order valence-corrected chi connectivity index (χ3v) is 4.12. The highest BCUT2D eigenvalue weighted by Crippen LogP contribution is 2.29. The highest BCUT2D eigenvalue weighted by Gasteiger charge is 2.33. The number of ether oxygens (including phenoxy) is 1. The molecule has 0 bridgehead atoms. The monoisotopic (exact) mass is 407 g/mol. The Morgan fingerprint density at radius 3 is 2.66 bits per heavy atom. The number of fused-ring (bicyclic) bond motifs is 2. The van der Waals surface area contributed by atoms with Crippen LogP contribution < -0.4 is 15.4 Å². The van der Waals surface area contributed by atoms with Gasteiger partial charge in [0, 0.05) is 18.6 Å². The minimum atomic E-state index is -4.64. The number of nitrogens with two attached hydrogens (primary N) is 1. The van der Waals surface area contributed by atoms with Crippen molar-refractivity contribution in [3.8, 4) is 5.75 Å². The highest BCUT2D eigenvalue weighted by molar-refractivity contribution is 5.95. The fraction of sp³-hybridized carbons (Fsp3) is 0.222. The zero-order chi connectivity index (χ0) is 21.2. The minimum Gasteiger partial charge on any atom is -0.491 e. The van der Waals surface area contributed by atoms with E-state index in [1.54, 1.807) is 11.9 Å². The molecule has 152 valence electrons. The fourth-order valence-electron chi connectivity index (χ4n) is 2.66. The molecule has 0 fully saturated rings. The SMILES string of the molecule is CN1C(=O)CCOc2ccccc21.NC(=O)c1cc2c(cn1)cnn2C(F)(F)F. The Balaban J connectivity index is 0.000000169. The maximum absolute atomic E-state index is 12.4. The number of carbonyl (C=O) groups is 2. The molecule has 0 spiro atoms. The quantitative estimate of drug-likeness (QED) is 0.667. The van der Waals surface area contributed by atoms with Crippen molar-refractivity contribution in [2.45, 2.75) is 12.7 Å². The van der Waals surface area contributed by atoms with E-state index in [2.05, 4.69) is 10.1 Å². The lowest BCUT2D eigenvalue weighted by Gasteiger charge is -2.15. The molecule has 3 heterocycles. The van der Waals surface area contributed by atoms with Gasteiger partial charge in [0.05, 0.1) is 30.4 Å². The smallest absolute Gasteiger partial charge is 0.491 e. The van der Waals surface area contributed by atoms with Gasteiger partial charge in [-0.05, 0) is 18.2 Å². The van der Waals surface area contributed by atoms with E-state index in [1.807, 2.05) is 24.3 Å². The van der Waals surface area contributed by atoms with Gasteiger partial charge in [0.15, 0.2) is 0 Å². The first-order chi connectivity index (χ1) is 13.7. The fourth-order valence-corrected chi connectivity index (χ4v) is 2.66. The van der Waals surface area contributed by atoms with Crippen molar-refractivity contribution in [1.29, 1.82) is 0 Å². The lowest BCUT2D eigenvalue weighted by Crippen LogP contribution is -2.24. The molecular weight excluding hydrogens is 391 g/mol. The van der Waals surface area contributed by atoms with E-state index in [-0.39, 0.29) is 27.2 Å². The summed E-state index contributed by atoms with van der Waals surface area (Å²) in [4.78, 5) is 27.4. The van der Waals surface area contributed by atoms with Crippen molar-refractivity contribution in [3.05, 3.63) is 48.4 Å². The lowest BCUT2D eigenvalue weighted by atomic mass is 10.2. The van der Waals surface area contributed by atoms with Gasteiger partial charge in [0.2, 0.25) is 5.91 Å². The van der Waals surface area contributed by atoms with Gasteiger partial charge < -0.3 is 15.4 Å². The van der Waals surface area contributed by atoms with E-state index < -0.39 is 12.2 Å². The van der Waals surface area contributed by atoms with Gasteiger partial charge in [-0.2, -0.15) is 9.78 Å². The number of primary amides is 1. The van der Waals surface area contributed by atoms with E-state index in [0.717, 1.165) is 29.9 Å². The van der Waals surface area contributed by atoms with Gasteiger partial charge in [-0.15, -0.1) is 13.2 Å². The molecule has 29 heavy (non-hydrogen) atoms. The van der Waals surface area contributed by atoms with Crippen LogP contribution in [-0.2, 0) is 11.1 Å². The summed E-state index contributed by atoms with van der Waals surface area (Å²) < 4.78 is 42.6.